The number of para-hydroxylation sites is 1. The highest BCUT2D eigenvalue weighted by molar-refractivity contribution is 7.89. The van der Waals surface area contributed by atoms with Crippen molar-refractivity contribution in [1.29, 1.82) is 0 Å². The average molecular weight is 466 g/mol. The van der Waals surface area contributed by atoms with Crippen LogP contribution in [-0.2, 0) is 14.8 Å². The summed E-state index contributed by atoms with van der Waals surface area (Å²) in [7, 11) is -3.81. The van der Waals surface area contributed by atoms with E-state index in [9.17, 15) is 17.6 Å². The number of hydrogen-bond acceptors (Lipinski definition) is 3. The number of aromatic amines is 1. The fourth-order valence-electron chi connectivity index (χ4n) is 3.78. The van der Waals surface area contributed by atoms with Crippen LogP contribution in [0.15, 0.2) is 90.0 Å². The number of aromatic nitrogens is 1. The molecule has 3 N–H and O–H groups in total. The maximum Gasteiger partial charge on any atom is 0.240 e. The van der Waals surface area contributed by atoms with Crippen molar-refractivity contribution in [3.8, 4) is 0 Å². The molecule has 0 saturated heterocycles. The Kier molecular flexibility index (Phi) is 6.86. The number of nitrogens with one attached hydrogen (secondary N) is 3. The Morgan fingerprint density at radius 1 is 0.939 bits per heavy atom. The number of carbonyl (C=O) groups is 1. The van der Waals surface area contributed by atoms with Gasteiger partial charge in [-0.25, -0.2) is 17.5 Å². The van der Waals surface area contributed by atoms with Crippen molar-refractivity contribution >= 4 is 26.8 Å². The first kappa shape index (κ1) is 22.7. The lowest BCUT2D eigenvalue weighted by Gasteiger charge is -2.18. The van der Waals surface area contributed by atoms with Crippen LogP contribution in [0.1, 0.15) is 23.5 Å². The van der Waals surface area contributed by atoms with Gasteiger partial charge in [0.05, 0.1) is 4.90 Å². The van der Waals surface area contributed by atoms with Gasteiger partial charge in [-0.3, -0.25) is 4.79 Å². The van der Waals surface area contributed by atoms with Crippen LogP contribution in [0.3, 0.4) is 0 Å². The lowest BCUT2D eigenvalue weighted by Crippen LogP contribution is -2.33. The third-order valence-electron chi connectivity index (χ3n) is 5.47. The third-order valence-corrected chi connectivity index (χ3v) is 6.95. The molecular weight excluding hydrogens is 441 g/mol. The largest absolute Gasteiger partial charge is 0.361 e. The van der Waals surface area contributed by atoms with E-state index in [0.29, 0.717) is 6.54 Å². The molecule has 0 spiro atoms. The average Bonchev–Trinajstić information content (AvgIpc) is 3.24. The molecule has 4 rings (SSSR count). The molecule has 0 bridgehead atoms. The Labute approximate surface area is 191 Å². The number of hydrogen-bond donors (Lipinski definition) is 3. The first-order chi connectivity index (χ1) is 15.9. The molecule has 1 atom stereocenters. The molecule has 1 amide bonds. The quantitative estimate of drug-likeness (QED) is 0.350. The fourth-order valence-corrected chi connectivity index (χ4v) is 4.81. The number of halogens is 1. The van der Waals surface area contributed by atoms with Crippen molar-refractivity contribution in [2.75, 3.05) is 13.1 Å². The topological polar surface area (TPSA) is 91.1 Å². The van der Waals surface area contributed by atoms with Gasteiger partial charge in [-0.1, -0.05) is 48.5 Å². The second-order valence-electron chi connectivity index (χ2n) is 7.66. The maximum absolute atomic E-state index is 13.0. The van der Waals surface area contributed by atoms with Crippen molar-refractivity contribution < 1.29 is 17.6 Å². The van der Waals surface area contributed by atoms with Crippen LogP contribution in [0.5, 0.6) is 0 Å². The lowest BCUT2D eigenvalue weighted by atomic mass is 9.91. The zero-order chi connectivity index (χ0) is 23.3. The molecule has 4 aromatic rings. The summed E-state index contributed by atoms with van der Waals surface area (Å²) in [6.07, 6.45) is 1.95. The van der Waals surface area contributed by atoms with Gasteiger partial charge in [0.25, 0.3) is 0 Å². The minimum Gasteiger partial charge on any atom is -0.361 e. The highest BCUT2D eigenvalue weighted by Gasteiger charge is 2.19. The van der Waals surface area contributed by atoms with Gasteiger partial charge >= 0.3 is 0 Å². The van der Waals surface area contributed by atoms with E-state index >= 15 is 0 Å². The highest BCUT2D eigenvalue weighted by Crippen LogP contribution is 2.30. The predicted octanol–water partition coefficient (Wildman–Crippen LogP) is 3.92. The van der Waals surface area contributed by atoms with Crippen LogP contribution in [0.4, 0.5) is 4.39 Å². The molecule has 33 heavy (non-hydrogen) atoms. The van der Waals surface area contributed by atoms with Gasteiger partial charge < -0.3 is 10.3 Å². The van der Waals surface area contributed by atoms with E-state index in [1.807, 2.05) is 60.8 Å². The summed E-state index contributed by atoms with van der Waals surface area (Å²) >= 11 is 0. The molecule has 8 heteroatoms. The van der Waals surface area contributed by atoms with Gasteiger partial charge in [0.15, 0.2) is 0 Å². The molecule has 170 valence electrons. The van der Waals surface area contributed by atoms with Crippen molar-refractivity contribution in [3.63, 3.8) is 0 Å². The maximum atomic E-state index is 13.0. The number of H-pyrrole nitrogens is 1. The Bertz CT molecular complexity index is 1340. The number of fused-ring (bicyclic) bond motifs is 1. The van der Waals surface area contributed by atoms with Crippen LogP contribution in [-0.4, -0.2) is 32.4 Å². The van der Waals surface area contributed by atoms with E-state index in [1.165, 1.54) is 12.1 Å². The first-order valence-electron chi connectivity index (χ1n) is 10.6. The summed E-state index contributed by atoms with van der Waals surface area (Å²) in [5.41, 5.74) is 3.17. The van der Waals surface area contributed by atoms with E-state index in [4.69, 9.17) is 0 Å². The Morgan fingerprint density at radius 2 is 1.64 bits per heavy atom. The minimum atomic E-state index is -3.81. The van der Waals surface area contributed by atoms with Crippen LogP contribution in [0.25, 0.3) is 10.9 Å². The first-order valence-corrected chi connectivity index (χ1v) is 12.1. The van der Waals surface area contributed by atoms with E-state index in [0.717, 1.165) is 34.2 Å². The second kappa shape index (κ2) is 9.97. The predicted molar refractivity (Wildman–Crippen MR) is 126 cm³/mol. The van der Waals surface area contributed by atoms with E-state index < -0.39 is 15.8 Å². The molecule has 0 aliphatic carbocycles. The van der Waals surface area contributed by atoms with E-state index in [-0.39, 0.29) is 29.7 Å². The number of carbonyl (C=O) groups excluding carboxylic acids is 1. The van der Waals surface area contributed by atoms with Crippen molar-refractivity contribution in [1.82, 2.24) is 15.0 Å². The Hall–Kier alpha value is -3.49. The number of rotatable bonds is 9. The van der Waals surface area contributed by atoms with Gasteiger partial charge in [-0.2, -0.15) is 0 Å². The van der Waals surface area contributed by atoms with Gasteiger partial charge in [0.2, 0.25) is 15.9 Å². The summed E-state index contributed by atoms with van der Waals surface area (Å²) in [4.78, 5) is 15.7. The van der Waals surface area contributed by atoms with Crippen LogP contribution in [0, 0.1) is 5.82 Å². The van der Waals surface area contributed by atoms with E-state index in [1.54, 1.807) is 0 Å². The third kappa shape index (κ3) is 5.47. The highest BCUT2D eigenvalue weighted by atomic mass is 32.2. The summed E-state index contributed by atoms with van der Waals surface area (Å²) in [6.45, 7) is 0.310. The molecule has 1 aromatic heterocycles. The fraction of sp³-hybridized carbons (Fsp3) is 0.160. The standard InChI is InChI=1S/C25H24FN3O3S/c26-19-10-12-20(13-11-19)33(31,32)29-15-14-25(30)28-16-22(18-6-2-1-3-7-18)23-17-27-24-9-5-4-8-21(23)24/h1-13,17,22,27,29H,14-16H2,(H,28,30). The normalized spacial score (nSPS) is 12.5. The van der Waals surface area contributed by atoms with Crippen LogP contribution < -0.4 is 10.0 Å². The van der Waals surface area contributed by atoms with Gasteiger partial charge in [-0.15, -0.1) is 0 Å². The molecule has 6 nitrogen and oxygen atoms in total. The lowest BCUT2D eigenvalue weighted by molar-refractivity contribution is -0.120. The number of amides is 1. The van der Waals surface area contributed by atoms with Gasteiger partial charge in [0, 0.05) is 42.5 Å². The number of benzene rings is 3. The smallest absolute Gasteiger partial charge is 0.240 e. The van der Waals surface area contributed by atoms with E-state index in [2.05, 4.69) is 15.0 Å². The Balaban J connectivity index is 1.40. The summed E-state index contributed by atoms with van der Waals surface area (Å²) in [6, 6.07) is 22.4. The van der Waals surface area contributed by atoms with Gasteiger partial charge in [0.1, 0.15) is 5.82 Å². The Morgan fingerprint density at radius 3 is 2.39 bits per heavy atom. The molecule has 0 saturated carbocycles. The molecule has 0 aliphatic rings. The number of sulfonamides is 1. The molecule has 1 heterocycles. The minimum absolute atomic E-state index is 0.0180. The van der Waals surface area contributed by atoms with Crippen LogP contribution >= 0.6 is 0 Å². The van der Waals surface area contributed by atoms with Crippen molar-refractivity contribution in [2.24, 2.45) is 0 Å². The molecule has 1 unspecified atom stereocenters. The zero-order valence-electron chi connectivity index (χ0n) is 17.8. The summed E-state index contributed by atoms with van der Waals surface area (Å²) in [5, 5.41) is 4.02. The zero-order valence-corrected chi connectivity index (χ0v) is 18.6. The summed E-state index contributed by atoms with van der Waals surface area (Å²) in [5.74, 6) is -0.851. The molecule has 3 aromatic carbocycles. The van der Waals surface area contributed by atoms with Gasteiger partial charge in [-0.05, 0) is 41.5 Å². The van der Waals surface area contributed by atoms with Crippen molar-refractivity contribution in [2.45, 2.75) is 17.2 Å². The molecule has 0 aliphatic heterocycles. The SMILES string of the molecule is O=C(CCNS(=O)(=O)c1ccc(F)cc1)NCC(c1ccccc1)c1c[nH]c2ccccc12. The van der Waals surface area contributed by atoms with Crippen molar-refractivity contribution in [3.05, 3.63) is 102 Å². The molecular formula is C25H24FN3O3S. The monoisotopic (exact) mass is 465 g/mol. The second-order valence-corrected chi connectivity index (χ2v) is 9.43. The van der Waals surface area contributed by atoms with Crippen LogP contribution in [0.2, 0.25) is 0 Å². The molecule has 0 fully saturated rings. The molecule has 0 radical (unpaired) electrons. The summed E-state index contributed by atoms with van der Waals surface area (Å²) < 4.78 is 40.0.